The highest BCUT2D eigenvalue weighted by Gasteiger charge is 2.40. The zero-order chi connectivity index (χ0) is 13.3. The highest BCUT2D eigenvalue weighted by atomic mass is 16.3. The molecule has 104 valence electrons. The van der Waals surface area contributed by atoms with Crippen LogP contribution in [0.15, 0.2) is 24.3 Å². The van der Waals surface area contributed by atoms with Gasteiger partial charge in [-0.15, -0.1) is 0 Å². The monoisotopic (exact) mass is 259 g/mol. The molecule has 0 saturated carbocycles. The normalized spacial score (nSPS) is 26.9. The molecule has 2 nitrogen and oxygen atoms in total. The first-order chi connectivity index (χ1) is 9.21. The van der Waals surface area contributed by atoms with Gasteiger partial charge in [0.2, 0.25) is 0 Å². The van der Waals surface area contributed by atoms with Gasteiger partial charge in [0.25, 0.3) is 0 Å². The van der Waals surface area contributed by atoms with E-state index in [-0.39, 0.29) is 6.10 Å². The minimum absolute atomic E-state index is 0.194. The molecule has 1 saturated heterocycles. The molecule has 1 heterocycles. The lowest BCUT2D eigenvalue weighted by atomic mass is 9.62. The number of hydrogen-bond acceptors (Lipinski definition) is 2. The summed E-state index contributed by atoms with van der Waals surface area (Å²) in [5, 5.41) is 13.2. The topological polar surface area (TPSA) is 32.3 Å². The molecule has 1 fully saturated rings. The van der Waals surface area contributed by atoms with Crippen LogP contribution in [0.1, 0.15) is 56.1 Å². The van der Waals surface area contributed by atoms with Crippen molar-refractivity contribution < 1.29 is 5.11 Å². The van der Waals surface area contributed by atoms with E-state index in [1.165, 1.54) is 31.2 Å². The third-order valence-electron chi connectivity index (χ3n) is 5.13. The lowest BCUT2D eigenvalue weighted by Gasteiger charge is -2.45. The Kier molecular flexibility index (Phi) is 3.64. The number of rotatable bonds is 2. The third kappa shape index (κ3) is 2.44. The Balaban J connectivity index is 1.95. The zero-order valence-electron chi connectivity index (χ0n) is 11.9. The van der Waals surface area contributed by atoms with E-state index >= 15 is 0 Å². The average molecular weight is 259 g/mol. The summed E-state index contributed by atoms with van der Waals surface area (Å²) < 4.78 is 0. The minimum Gasteiger partial charge on any atom is -0.393 e. The van der Waals surface area contributed by atoms with Gasteiger partial charge >= 0.3 is 0 Å². The van der Waals surface area contributed by atoms with Crippen LogP contribution in [-0.4, -0.2) is 24.3 Å². The van der Waals surface area contributed by atoms with Crippen molar-refractivity contribution in [3.63, 3.8) is 0 Å². The van der Waals surface area contributed by atoms with E-state index in [1.54, 1.807) is 5.56 Å². The molecule has 1 aromatic carbocycles. The van der Waals surface area contributed by atoms with Crippen molar-refractivity contribution in [2.75, 3.05) is 13.1 Å². The molecule has 0 amide bonds. The smallest absolute Gasteiger partial charge is 0.0517 e. The number of benzene rings is 1. The predicted octanol–water partition coefficient (Wildman–Crippen LogP) is 2.96. The molecular formula is C17H25NO. The SMILES string of the molecule is CC(O)CC1CCC2(CCNCC2)c2ccccc21. The van der Waals surface area contributed by atoms with E-state index in [1.807, 2.05) is 6.92 Å². The number of piperidine rings is 1. The molecule has 1 spiro atoms. The molecule has 0 radical (unpaired) electrons. The van der Waals surface area contributed by atoms with Gasteiger partial charge in [-0.05, 0) is 74.6 Å². The largest absolute Gasteiger partial charge is 0.393 e. The summed E-state index contributed by atoms with van der Waals surface area (Å²) in [4.78, 5) is 0. The van der Waals surface area contributed by atoms with Gasteiger partial charge in [0.1, 0.15) is 0 Å². The van der Waals surface area contributed by atoms with Gasteiger partial charge in [0.05, 0.1) is 6.10 Å². The van der Waals surface area contributed by atoms with Crippen LogP contribution in [0.4, 0.5) is 0 Å². The van der Waals surface area contributed by atoms with Gasteiger partial charge in [-0.1, -0.05) is 24.3 Å². The summed E-state index contributed by atoms with van der Waals surface area (Å²) >= 11 is 0. The molecule has 19 heavy (non-hydrogen) atoms. The molecule has 2 atom stereocenters. The molecule has 2 N–H and O–H groups in total. The quantitative estimate of drug-likeness (QED) is 0.856. The van der Waals surface area contributed by atoms with Crippen LogP contribution >= 0.6 is 0 Å². The summed E-state index contributed by atoms with van der Waals surface area (Å²) in [6, 6.07) is 8.99. The van der Waals surface area contributed by atoms with Crippen LogP contribution in [0, 0.1) is 0 Å². The Bertz CT molecular complexity index is 435. The summed E-state index contributed by atoms with van der Waals surface area (Å²) in [7, 11) is 0. The lowest BCUT2D eigenvalue weighted by molar-refractivity contribution is 0.162. The van der Waals surface area contributed by atoms with Gasteiger partial charge in [-0.2, -0.15) is 0 Å². The number of aliphatic hydroxyl groups is 1. The zero-order valence-corrected chi connectivity index (χ0v) is 11.9. The Labute approximate surface area is 116 Å². The predicted molar refractivity (Wildman–Crippen MR) is 78.5 cm³/mol. The molecule has 1 aliphatic heterocycles. The fraction of sp³-hybridized carbons (Fsp3) is 0.647. The number of hydrogen-bond donors (Lipinski definition) is 2. The molecular weight excluding hydrogens is 234 g/mol. The van der Waals surface area contributed by atoms with E-state index in [9.17, 15) is 5.11 Å². The minimum atomic E-state index is -0.194. The van der Waals surface area contributed by atoms with Gasteiger partial charge in [-0.25, -0.2) is 0 Å². The van der Waals surface area contributed by atoms with Crippen molar-refractivity contribution in [1.29, 1.82) is 0 Å². The van der Waals surface area contributed by atoms with Gasteiger partial charge < -0.3 is 10.4 Å². The van der Waals surface area contributed by atoms with E-state index in [0.29, 0.717) is 11.3 Å². The first-order valence-corrected chi connectivity index (χ1v) is 7.69. The summed E-state index contributed by atoms with van der Waals surface area (Å²) in [5.74, 6) is 0.553. The average Bonchev–Trinajstić information content (AvgIpc) is 2.43. The fourth-order valence-corrected chi connectivity index (χ4v) is 4.16. The standard InChI is InChI=1S/C17H25NO/c1-13(19)12-14-6-7-17(8-10-18-11-9-17)16-5-3-2-4-15(14)16/h2-5,13-14,18-19H,6-12H2,1H3. The van der Waals surface area contributed by atoms with Crippen LogP contribution in [0.2, 0.25) is 0 Å². The van der Waals surface area contributed by atoms with Crippen LogP contribution in [0.3, 0.4) is 0 Å². The van der Waals surface area contributed by atoms with E-state index in [4.69, 9.17) is 0 Å². The molecule has 2 heteroatoms. The third-order valence-corrected chi connectivity index (χ3v) is 5.13. The van der Waals surface area contributed by atoms with Gasteiger partial charge in [-0.3, -0.25) is 0 Å². The van der Waals surface area contributed by atoms with Crippen LogP contribution in [-0.2, 0) is 5.41 Å². The molecule has 0 bridgehead atoms. The van der Waals surface area contributed by atoms with Crippen LogP contribution in [0.5, 0.6) is 0 Å². The fourth-order valence-electron chi connectivity index (χ4n) is 4.16. The summed E-state index contributed by atoms with van der Waals surface area (Å²) in [5.41, 5.74) is 3.50. The number of fused-ring (bicyclic) bond motifs is 2. The van der Waals surface area contributed by atoms with Gasteiger partial charge in [0.15, 0.2) is 0 Å². The first-order valence-electron chi connectivity index (χ1n) is 7.69. The summed E-state index contributed by atoms with van der Waals surface area (Å²) in [6.45, 7) is 4.21. The molecule has 1 aromatic rings. The Morgan fingerprint density at radius 3 is 2.74 bits per heavy atom. The van der Waals surface area contributed by atoms with E-state index in [2.05, 4.69) is 29.6 Å². The molecule has 2 unspecified atom stereocenters. The molecule has 2 aliphatic rings. The first kappa shape index (κ1) is 13.1. The summed E-state index contributed by atoms with van der Waals surface area (Å²) in [6.07, 6.45) is 5.79. The highest BCUT2D eigenvalue weighted by molar-refractivity contribution is 5.40. The van der Waals surface area contributed by atoms with Crippen molar-refractivity contribution in [3.05, 3.63) is 35.4 Å². The second-order valence-corrected chi connectivity index (χ2v) is 6.44. The van der Waals surface area contributed by atoms with Crippen LogP contribution in [0.25, 0.3) is 0 Å². The number of aliphatic hydroxyl groups excluding tert-OH is 1. The molecule has 3 rings (SSSR count). The van der Waals surface area contributed by atoms with Crippen LogP contribution < -0.4 is 5.32 Å². The second kappa shape index (κ2) is 5.26. The molecule has 0 aromatic heterocycles. The lowest BCUT2D eigenvalue weighted by Crippen LogP contribution is -2.42. The highest BCUT2D eigenvalue weighted by Crippen LogP contribution is 2.48. The maximum Gasteiger partial charge on any atom is 0.0517 e. The Morgan fingerprint density at radius 2 is 2.00 bits per heavy atom. The van der Waals surface area contributed by atoms with E-state index in [0.717, 1.165) is 19.5 Å². The van der Waals surface area contributed by atoms with Gasteiger partial charge in [0, 0.05) is 0 Å². The Hall–Kier alpha value is -0.860. The van der Waals surface area contributed by atoms with Crippen molar-refractivity contribution in [1.82, 2.24) is 5.32 Å². The van der Waals surface area contributed by atoms with Crippen molar-refractivity contribution in [3.8, 4) is 0 Å². The maximum absolute atomic E-state index is 9.72. The molecule has 1 aliphatic carbocycles. The van der Waals surface area contributed by atoms with Crippen molar-refractivity contribution in [2.45, 2.75) is 56.5 Å². The van der Waals surface area contributed by atoms with Crippen molar-refractivity contribution in [2.24, 2.45) is 0 Å². The number of nitrogens with one attached hydrogen (secondary N) is 1. The van der Waals surface area contributed by atoms with E-state index < -0.39 is 0 Å². The second-order valence-electron chi connectivity index (χ2n) is 6.44. The van der Waals surface area contributed by atoms with Crippen molar-refractivity contribution >= 4 is 0 Å². The maximum atomic E-state index is 9.72. The Morgan fingerprint density at radius 1 is 1.26 bits per heavy atom.